The Kier molecular flexibility index (Phi) is 4.33. The lowest BCUT2D eigenvalue weighted by atomic mass is 10.0. The number of carbonyl (C=O) groups excluding carboxylic acids is 4. The molecule has 1 aromatic carbocycles. The van der Waals surface area contributed by atoms with Crippen LogP contribution in [0.4, 0.5) is 5.69 Å². The zero-order valence-corrected chi connectivity index (χ0v) is 14.9. The highest BCUT2D eigenvalue weighted by Gasteiger charge is 2.40. The van der Waals surface area contributed by atoms with Crippen LogP contribution in [0.15, 0.2) is 18.2 Å². The van der Waals surface area contributed by atoms with E-state index in [0.717, 1.165) is 24.1 Å². The highest BCUT2D eigenvalue weighted by Crippen LogP contribution is 2.35. The van der Waals surface area contributed by atoms with Crippen molar-refractivity contribution in [2.24, 2.45) is 11.7 Å². The molecule has 8 nitrogen and oxygen atoms in total. The van der Waals surface area contributed by atoms with Crippen LogP contribution in [-0.2, 0) is 20.9 Å². The maximum atomic E-state index is 12.8. The average Bonchev–Trinajstić information content (AvgIpc) is 3.21. The molecule has 1 aliphatic carbocycles. The van der Waals surface area contributed by atoms with Gasteiger partial charge in [0.15, 0.2) is 0 Å². The van der Waals surface area contributed by atoms with Crippen molar-refractivity contribution in [3.63, 3.8) is 0 Å². The molecule has 4 N–H and O–H groups in total. The molecular weight excluding hydrogens is 348 g/mol. The highest BCUT2D eigenvalue weighted by atomic mass is 16.2. The van der Waals surface area contributed by atoms with E-state index in [1.165, 1.54) is 0 Å². The van der Waals surface area contributed by atoms with Gasteiger partial charge in [0.05, 0.1) is 0 Å². The summed E-state index contributed by atoms with van der Waals surface area (Å²) in [5, 5.41) is 5.76. The van der Waals surface area contributed by atoms with Gasteiger partial charge < -0.3 is 16.0 Å². The lowest BCUT2D eigenvalue weighted by Crippen LogP contribution is -2.52. The van der Waals surface area contributed by atoms with Gasteiger partial charge in [0.1, 0.15) is 6.04 Å². The van der Waals surface area contributed by atoms with Gasteiger partial charge in [0, 0.05) is 41.7 Å². The van der Waals surface area contributed by atoms with Crippen LogP contribution in [0.3, 0.4) is 0 Å². The summed E-state index contributed by atoms with van der Waals surface area (Å²) in [6.45, 7) is 0.329. The molecule has 0 radical (unpaired) electrons. The maximum Gasteiger partial charge on any atom is 0.255 e. The first-order chi connectivity index (χ1) is 12.9. The SMILES string of the molecule is NC(=O)[C@H]1CC[C@@H](Nc2cccc3c2CN(C2CCC(=O)NC2=O)C3=O)C1. The van der Waals surface area contributed by atoms with Crippen molar-refractivity contribution in [2.45, 2.75) is 50.7 Å². The fourth-order valence-corrected chi connectivity index (χ4v) is 4.31. The molecule has 0 bridgehead atoms. The van der Waals surface area contributed by atoms with Crippen molar-refractivity contribution in [1.29, 1.82) is 0 Å². The van der Waals surface area contributed by atoms with Gasteiger partial charge >= 0.3 is 0 Å². The number of nitrogens with one attached hydrogen (secondary N) is 2. The normalized spacial score (nSPS) is 27.5. The number of carbonyl (C=O) groups is 4. The molecular formula is C19H22N4O4. The minimum Gasteiger partial charge on any atom is -0.382 e. The predicted molar refractivity (Wildman–Crippen MR) is 96.4 cm³/mol. The number of anilines is 1. The summed E-state index contributed by atoms with van der Waals surface area (Å²) in [5.41, 5.74) is 7.69. The van der Waals surface area contributed by atoms with Crippen molar-refractivity contribution in [2.75, 3.05) is 5.32 Å². The molecule has 3 aliphatic rings. The van der Waals surface area contributed by atoms with Crippen LogP contribution in [0.5, 0.6) is 0 Å². The predicted octanol–water partition coefficient (Wildman–Crippen LogP) is 0.513. The van der Waals surface area contributed by atoms with E-state index in [4.69, 9.17) is 5.73 Å². The van der Waals surface area contributed by atoms with Crippen molar-refractivity contribution in [3.05, 3.63) is 29.3 Å². The number of rotatable bonds is 4. The zero-order chi connectivity index (χ0) is 19.1. The Morgan fingerprint density at radius 3 is 2.70 bits per heavy atom. The topological polar surface area (TPSA) is 122 Å². The van der Waals surface area contributed by atoms with E-state index in [1.807, 2.05) is 12.1 Å². The Bertz CT molecular complexity index is 837. The number of benzene rings is 1. The van der Waals surface area contributed by atoms with Gasteiger partial charge in [-0.25, -0.2) is 0 Å². The van der Waals surface area contributed by atoms with E-state index >= 15 is 0 Å². The Labute approximate surface area is 156 Å². The molecule has 2 heterocycles. The monoisotopic (exact) mass is 370 g/mol. The Hall–Kier alpha value is -2.90. The van der Waals surface area contributed by atoms with Crippen molar-refractivity contribution in [3.8, 4) is 0 Å². The molecule has 4 rings (SSSR count). The first-order valence-electron chi connectivity index (χ1n) is 9.26. The molecule has 2 fully saturated rings. The summed E-state index contributed by atoms with van der Waals surface area (Å²) in [5.74, 6) is -1.28. The lowest BCUT2D eigenvalue weighted by Gasteiger charge is -2.29. The van der Waals surface area contributed by atoms with E-state index in [1.54, 1.807) is 11.0 Å². The number of nitrogens with two attached hydrogens (primary N) is 1. The minimum absolute atomic E-state index is 0.110. The third-order valence-corrected chi connectivity index (χ3v) is 5.78. The number of fused-ring (bicyclic) bond motifs is 1. The van der Waals surface area contributed by atoms with Gasteiger partial charge in [0.2, 0.25) is 17.7 Å². The molecule has 0 aromatic heterocycles. The maximum absolute atomic E-state index is 12.8. The lowest BCUT2D eigenvalue weighted by molar-refractivity contribution is -0.137. The number of nitrogens with zero attached hydrogens (tertiary/aromatic N) is 1. The van der Waals surface area contributed by atoms with Crippen LogP contribution in [0.1, 0.15) is 48.0 Å². The van der Waals surface area contributed by atoms with Crippen LogP contribution < -0.4 is 16.4 Å². The summed E-state index contributed by atoms with van der Waals surface area (Å²) in [7, 11) is 0. The molecule has 1 saturated carbocycles. The number of primary amides is 1. The number of hydrogen-bond acceptors (Lipinski definition) is 5. The second kappa shape index (κ2) is 6.68. The van der Waals surface area contributed by atoms with Crippen molar-refractivity contribution < 1.29 is 19.2 Å². The van der Waals surface area contributed by atoms with E-state index in [-0.39, 0.29) is 36.1 Å². The van der Waals surface area contributed by atoms with Gasteiger partial charge in [-0.2, -0.15) is 0 Å². The molecule has 8 heteroatoms. The first kappa shape index (κ1) is 17.5. The van der Waals surface area contributed by atoms with Crippen LogP contribution in [0.25, 0.3) is 0 Å². The van der Waals surface area contributed by atoms with Gasteiger partial charge in [-0.1, -0.05) is 6.07 Å². The van der Waals surface area contributed by atoms with E-state index in [2.05, 4.69) is 10.6 Å². The smallest absolute Gasteiger partial charge is 0.255 e. The highest BCUT2D eigenvalue weighted by molar-refractivity contribution is 6.06. The van der Waals surface area contributed by atoms with Gasteiger partial charge in [0.25, 0.3) is 5.91 Å². The molecule has 1 unspecified atom stereocenters. The molecule has 0 spiro atoms. The second-order valence-corrected chi connectivity index (χ2v) is 7.49. The Balaban J connectivity index is 1.52. The summed E-state index contributed by atoms with van der Waals surface area (Å²) < 4.78 is 0. The standard InChI is InChI=1S/C19H22N4O4/c20-17(25)10-4-5-11(8-10)21-14-3-1-2-12-13(14)9-23(19(12)27)15-6-7-16(24)22-18(15)26/h1-3,10-11,15,21H,4-9H2,(H2,20,25)(H,22,24,26)/t10-,11+,15?/m0/s1. The van der Waals surface area contributed by atoms with Crippen LogP contribution in [-0.4, -0.2) is 40.6 Å². The molecule has 1 aromatic rings. The van der Waals surface area contributed by atoms with Crippen molar-refractivity contribution >= 4 is 29.3 Å². The number of amides is 4. The van der Waals surface area contributed by atoms with Crippen LogP contribution >= 0.6 is 0 Å². The first-order valence-corrected chi connectivity index (χ1v) is 9.26. The fraction of sp³-hybridized carbons (Fsp3) is 0.474. The average molecular weight is 370 g/mol. The number of hydrogen-bond donors (Lipinski definition) is 3. The second-order valence-electron chi connectivity index (χ2n) is 7.49. The Morgan fingerprint density at radius 1 is 1.19 bits per heavy atom. The molecule has 3 atom stereocenters. The van der Waals surface area contributed by atoms with Gasteiger partial charge in [-0.3, -0.25) is 24.5 Å². The zero-order valence-electron chi connectivity index (χ0n) is 14.9. The van der Waals surface area contributed by atoms with Crippen LogP contribution in [0, 0.1) is 5.92 Å². The molecule has 2 aliphatic heterocycles. The van der Waals surface area contributed by atoms with Crippen molar-refractivity contribution in [1.82, 2.24) is 10.2 Å². The van der Waals surface area contributed by atoms with Gasteiger partial charge in [-0.15, -0.1) is 0 Å². The van der Waals surface area contributed by atoms with E-state index in [0.29, 0.717) is 24.9 Å². The summed E-state index contributed by atoms with van der Waals surface area (Å²) in [4.78, 5) is 49.3. The number of piperidine rings is 1. The third-order valence-electron chi connectivity index (χ3n) is 5.78. The molecule has 4 amide bonds. The molecule has 142 valence electrons. The van der Waals surface area contributed by atoms with E-state index in [9.17, 15) is 19.2 Å². The third kappa shape index (κ3) is 3.15. The summed E-state index contributed by atoms with van der Waals surface area (Å²) in [6, 6.07) is 5.00. The molecule has 1 saturated heterocycles. The van der Waals surface area contributed by atoms with Crippen LogP contribution in [0.2, 0.25) is 0 Å². The summed E-state index contributed by atoms with van der Waals surface area (Å²) >= 11 is 0. The molecule has 27 heavy (non-hydrogen) atoms. The fourth-order valence-electron chi connectivity index (χ4n) is 4.31. The number of imide groups is 1. The Morgan fingerprint density at radius 2 is 2.00 bits per heavy atom. The minimum atomic E-state index is -0.624. The summed E-state index contributed by atoms with van der Waals surface area (Å²) in [6.07, 6.45) is 2.88. The van der Waals surface area contributed by atoms with Gasteiger partial charge in [-0.05, 0) is 37.8 Å². The quantitative estimate of drug-likeness (QED) is 0.667. The largest absolute Gasteiger partial charge is 0.382 e. The van der Waals surface area contributed by atoms with E-state index < -0.39 is 11.9 Å².